The van der Waals surface area contributed by atoms with Crippen molar-refractivity contribution in [2.24, 2.45) is 5.92 Å². The van der Waals surface area contributed by atoms with Crippen LogP contribution in [0.5, 0.6) is 0 Å². The monoisotopic (exact) mass is 334 g/mol. The second-order valence-corrected chi connectivity index (χ2v) is 6.51. The number of nitrogens with zero attached hydrogens (tertiary/aromatic N) is 4. The molecule has 1 aliphatic heterocycles. The number of hydrogen-bond donors (Lipinski definition) is 0. The predicted octanol–water partition coefficient (Wildman–Crippen LogP) is 2.08. The maximum Gasteiger partial charge on any atom is 0.236 e. The SMILES string of the molecule is C[C@H](C#N)CN(C)CC(=O)N1CCN(c2cccc(Cl)c2)CC1. The average Bonchev–Trinajstić information content (AvgIpc) is 2.54. The summed E-state index contributed by atoms with van der Waals surface area (Å²) in [6.07, 6.45) is 0. The average molecular weight is 335 g/mol. The molecule has 0 bridgehead atoms. The molecule has 1 heterocycles. The van der Waals surface area contributed by atoms with E-state index < -0.39 is 0 Å². The van der Waals surface area contributed by atoms with Crippen LogP contribution in [0.15, 0.2) is 24.3 Å². The molecule has 2 rings (SSSR count). The van der Waals surface area contributed by atoms with Crippen molar-refractivity contribution in [2.45, 2.75) is 6.92 Å². The zero-order chi connectivity index (χ0) is 16.8. The minimum absolute atomic E-state index is 0.0625. The lowest BCUT2D eigenvalue weighted by Gasteiger charge is -2.36. The van der Waals surface area contributed by atoms with Crippen LogP contribution in [0.4, 0.5) is 5.69 Å². The summed E-state index contributed by atoms with van der Waals surface area (Å²) in [4.78, 5) is 18.4. The van der Waals surface area contributed by atoms with Gasteiger partial charge in [-0.25, -0.2) is 0 Å². The second-order valence-electron chi connectivity index (χ2n) is 6.07. The molecule has 1 amide bonds. The normalized spacial score (nSPS) is 16.3. The van der Waals surface area contributed by atoms with E-state index in [1.54, 1.807) is 0 Å². The van der Waals surface area contributed by atoms with Gasteiger partial charge in [0.1, 0.15) is 0 Å². The number of likely N-dealkylation sites (N-methyl/N-ethyl adjacent to an activating group) is 1. The minimum Gasteiger partial charge on any atom is -0.368 e. The number of carbonyl (C=O) groups is 1. The van der Waals surface area contributed by atoms with Gasteiger partial charge in [0.2, 0.25) is 5.91 Å². The Hall–Kier alpha value is -1.77. The van der Waals surface area contributed by atoms with Crippen molar-refractivity contribution in [1.29, 1.82) is 5.26 Å². The standard InChI is InChI=1S/C17H23ClN4O/c1-14(11-19)12-20(2)13-17(23)22-8-6-21(7-9-22)16-5-3-4-15(18)10-16/h3-5,10,14H,6-9,12-13H2,1-2H3/t14-/m1/s1. The molecule has 1 fully saturated rings. The van der Waals surface area contributed by atoms with E-state index in [-0.39, 0.29) is 11.8 Å². The highest BCUT2D eigenvalue weighted by Crippen LogP contribution is 2.20. The van der Waals surface area contributed by atoms with E-state index >= 15 is 0 Å². The Bertz CT molecular complexity index is 578. The summed E-state index contributed by atoms with van der Waals surface area (Å²) in [5, 5.41) is 9.57. The number of benzene rings is 1. The van der Waals surface area contributed by atoms with Gasteiger partial charge in [0.25, 0.3) is 0 Å². The smallest absolute Gasteiger partial charge is 0.236 e. The topological polar surface area (TPSA) is 50.6 Å². The lowest BCUT2D eigenvalue weighted by Crippen LogP contribution is -2.51. The molecule has 124 valence electrons. The zero-order valence-corrected chi connectivity index (χ0v) is 14.5. The molecule has 0 N–H and O–H groups in total. The molecule has 1 aromatic carbocycles. The Morgan fingerprint density at radius 2 is 2.09 bits per heavy atom. The van der Waals surface area contributed by atoms with Crippen LogP contribution in [-0.4, -0.2) is 62.0 Å². The van der Waals surface area contributed by atoms with Crippen LogP contribution >= 0.6 is 11.6 Å². The van der Waals surface area contributed by atoms with Gasteiger partial charge in [0.05, 0.1) is 18.5 Å². The molecular formula is C17H23ClN4O. The predicted molar refractivity (Wildman–Crippen MR) is 92.5 cm³/mol. The Kier molecular flexibility index (Phi) is 6.26. The number of nitriles is 1. The first kappa shape index (κ1) is 17.6. The molecular weight excluding hydrogens is 312 g/mol. The fourth-order valence-electron chi connectivity index (χ4n) is 2.79. The first-order chi connectivity index (χ1) is 11.0. The number of rotatable bonds is 5. The molecule has 0 saturated carbocycles. The fraction of sp³-hybridized carbons (Fsp3) is 0.529. The third-order valence-electron chi connectivity index (χ3n) is 4.02. The molecule has 0 radical (unpaired) electrons. The summed E-state index contributed by atoms with van der Waals surface area (Å²) in [6.45, 7) is 5.90. The maximum absolute atomic E-state index is 12.3. The molecule has 0 aromatic heterocycles. The van der Waals surface area contributed by atoms with Crippen LogP contribution in [-0.2, 0) is 4.79 Å². The van der Waals surface area contributed by atoms with Gasteiger partial charge in [0, 0.05) is 43.4 Å². The fourth-order valence-corrected chi connectivity index (χ4v) is 2.98. The molecule has 0 aliphatic carbocycles. The molecule has 23 heavy (non-hydrogen) atoms. The van der Waals surface area contributed by atoms with Gasteiger partial charge in [-0.1, -0.05) is 17.7 Å². The van der Waals surface area contributed by atoms with Crippen LogP contribution in [0.3, 0.4) is 0 Å². The second kappa shape index (κ2) is 8.19. The van der Waals surface area contributed by atoms with Crippen LogP contribution in [0.2, 0.25) is 5.02 Å². The van der Waals surface area contributed by atoms with Crippen LogP contribution in [0.25, 0.3) is 0 Å². The highest BCUT2D eigenvalue weighted by Gasteiger charge is 2.22. The third kappa shape index (κ3) is 5.12. The van der Waals surface area contributed by atoms with Gasteiger partial charge in [-0.15, -0.1) is 0 Å². The van der Waals surface area contributed by atoms with E-state index in [9.17, 15) is 4.79 Å². The van der Waals surface area contributed by atoms with Gasteiger partial charge in [0.15, 0.2) is 0 Å². The third-order valence-corrected chi connectivity index (χ3v) is 4.25. The lowest BCUT2D eigenvalue weighted by molar-refractivity contribution is -0.132. The molecule has 1 aromatic rings. The van der Waals surface area contributed by atoms with Crippen LogP contribution < -0.4 is 4.90 Å². The Morgan fingerprint density at radius 3 is 2.70 bits per heavy atom. The van der Waals surface area contributed by atoms with E-state index in [4.69, 9.17) is 16.9 Å². The highest BCUT2D eigenvalue weighted by molar-refractivity contribution is 6.30. The van der Waals surface area contributed by atoms with Gasteiger partial charge in [-0.05, 0) is 32.2 Å². The van der Waals surface area contributed by atoms with Crippen LogP contribution in [0, 0.1) is 17.2 Å². The van der Waals surface area contributed by atoms with Gasteiger partial charge < -0.3 is 9.80 Å². The summed E-state index contributed by atoms with van der Waals surface area (Å²) < 4.78 is 0. The molecule has 6 heteroatoms. The number of amides is 1. The van der Waals surface area contributed by atoms with Crippen molar-refractivity contribution in [2.75, 3.05) is 51.2 Å². The maximum atomic E-state index is 12.3. The Morgan fingerprint density at radius 1 is 1.39 bits per heavy atom. The summed E-state index contributed by atoms with van der Waals surface area (Å²) in [6, 6.07) is 10.00. The summed E-state index contributed by atoms with van der Waals surface area (Å²) >= 11 is 6.03. The zero-order valence-electron chi connectivity index (χ0n) is 13.7. The Balaban J connectivity index is 1.82. The van der Waals surface area contributed by atoms with Crippen molar-refractivity contribution in [3.05, 3.63) is 29.3 Å². The van der Waals surface area contributed by atoms with Crippen molar-refractivity contribution in [3.63, 3.8) is 0 Å². The Labute approximate surface area is 143 Å². The number of anilines is 1. The number of piperazine rings is 1. The van der Waals surface area contributed by atoms with E-state index in [0.29, 0.717) is 26.2 Å². The van der Waals surface area contributed by atoms with E-state index in [0.717, 1.165) is 23.8 Å². The number of carbonyl (C=O) groups excluding carboxylic acids is 1. The summed E-state index contributed by atoms with van der Waals surface area (Å²) in [7, 11) is 1.88. The van der Waals surface area contributed by atoms with Gasteiger partial charge in [-0.3, -0.25) is 9.69 Å². The number of hydrogen-bond acceptors (Lipinski definition) is 4. The molecule has 0 spiro atoms. The van der Waals surface area contributed by atoms with Crippen molar-refractivity contribution in [1.82, 2.24) is 9.80 Å². The lowest BCUT2D eigenvalue weighted by atomic mass is 10.2. The van der Waals surface area contributed by atoms with E-state index in [1.807, 2.05) is 48.0 Å². The minimum atomic E-state index is -0.0625. The highest BCUT2D eigenvalue weighted by atomic mass is 35.5. The van der Waals surface area contributed by atoms with Crippen LogP contribution in [0.1, 0.15) is 6.92 Å². The largest absolute Gasteiger partial charge is 0.368 e. The molecule has 1 atom stereocenters. The van der Waals surface area contributed by atoms with Gasteiger partial charge in [-0.2, -0.15) is 5.26 Å². The van der Waals surface area contributed by atoms with Gasteiger partial charge >= 0.3 is 0 Å². The quantitative estimate of drug-likeness (QED) is 0.827. The van der Waals surface area contributed by atoms with Crippen molar-refractivity contribution < 1.29 is 4.79 Å². The molecule has 1 aliphatic rings. The number of halogens is 1. The van der Waals surface area contributed by atoms with E-state index in [1.165, 1.54) is 0 Å². The molecule has 5 nitrogen and oxygen atoms in total. The molecule has 0 unspecified atom stereocenters. The molecule has 1 saturated heterocycles. The summed E-state index contributed by atoms with van der Waals surface area (Å²) in [5.41, 5.74) is 1.10. The van der Waals surface area contributed by atoms with Crippen molar-refractivity contribution in [3.8, 4) is 6.07 Å². The first-order valence-corrected chi connectivity index (χ1v) is 8.24. The van der Waals surface area contributed by atoms with E-state index in [2.05, 4.69) is 11.0 Å². The summed E-state index contributed by atoms with van der Waals surface area (Å²) in [5.74, 6) is 0.0656. The first-order valence-electron chi connectivity index (χ1n) is 7.86. The van der Waals surface area contributed by atoms with Crippen molar-refractivity contribution >= 4 is 23.2 Å².